The molecule has 0 bridgehead atoms. The Balaban J connectivity index is 2.16. The van der Waals surface area contributed by atoms with Gasteiger partial charge < -0.3 is 11.1 Å². The summed E-state index contributed by atoms with van der Waals surface area (Å²) < 4.78 is 13.6. The largest absolute Gasteiger partial charge is 0.378 e. The lowest BCUT2D eigenvalue weighted by Crippen LogP contribution is -2.43. The minimum Gasteiger partial charge on any atom is -0.378 e. The Kier molecular flexibility index (Phi) is 3.73. The van der Waals surface area contributed by atoms with Crippen molar-refractivity contribution in [1.82, 2.24) is 0 Å². The number of nitrogens with one attached hydrogen (secondary N) is 1. The van der Waals surface area contributed by atoms with Gasteiger partial charge in [0.2, 0.25) is 0 Å². The second-order valence-corrected chi connectivity index (χ2v) is 5.94. The summed E-state index contributed by atoms with van der Waals surface area (Å²) in [4.78, 5) is 0. The number of halogens is 2. The lowest BCUT2D eigenvalue weighted by Gasteiger charge is -2.30. The van der Waals surface area contributed by atoms with Crippen LogP contribution in [0, 0.1) is 11.7 Å². The molecule has 1 aromatic carbocycles. The topological polar surface area (TPSA) is 38.0 Å². The van der Waals surface area contributed by atoms with Crippen LogP contribution < -0.4 is 11.1 Å². The fraction of sp³-hybridized carbons (Fsp3) is 0.538. The first-order valence-electron chi connectivity index (χ1n) is 5.98. The molecule has 2 rings (SSSR count). The highest BCUT2D eigenvalue weighted by Gasteiger charge is 2.36. The van der Waals surface area contributed by atoms with E-state index in [0.29, 0.717) is 16.9 Å². The van der Waals surface area contributed by atoms with Crippen molar-refractivity contribution >= 4 is 21.6 Å². The van der Waals surface area contributed by atoms with E-state index in [1.54, 1.807) is 12.1 Å². The van der Waals surface area contributed by atoms with Crippen LogP contribution >= 0.6 is 15.9 Å². The first kappa shape index (κ1) is 12.8. The van der Waals surface area contributed by atoms with E-state index in [2.05, 4.69) is 28.2 Å². The van der Waals surface area contributed by atoms with E-state index in [9.17, 15) is 4.39 Å². The Morgan fingerprint density at radius 2 is 2.35 bits per heavy atom. The van der Waals surface area contributed by atoms with Crippen molar-refractivity contribution < 1.29 is 4.39 Å². The van der Waals surface area contributed by atoms with Crippen LogP contribution in [-0.4, -0.2) is 12.1 Å². The third-order valence-corrected chi connectivity index (χ3v) is 4.18. The van der Waals surface area contributed by atoms with Gasteiger partial charge in [0.05, 0.1) is 4.47 Å². The van der Waals surface area contributed by atoms with Crippen LogP contribution in [0.5, 0.6) is 0 Å². The molecule has 2 unspecified atom stereocenters. The number of anilines is 1. The van der Waals surface area contributed by atoms with E-state index >= 15 is 0 Å². The van der Waals surface area contributed by atoms with Crippen LogP contribution in [0.25, 0.3) is 0 Å². The Morgan fingerprint density at radius 3 is 2.88 bits per heavy atom. The van der Waals surface area contributed by atoms with Crippen molar-refractivity contribution in [1.29, 1.82) is 0 Å². The molecule has 1 saturated carbocycles. The molecule has 2 atom stereocenters. The molecule has 0 heterocycles. The van der Waals surface area contributed by atoms with Gasteiger partial charge in [-0.2, -0.15) is 0 Å². The van der Waals surface area contributed by atoms with Gasteiger partial charge in [0.15, 0.2) is 0 Å². The molecule has 4 heteroatoms. The van der Waals surface area contributed by atoms with Crippen molar-refractivity contribution in [2.75, 3.05) is 11.9 Å². The standard InChI is InChI=1S/C13H18BrFN2/c1-9-4-5-13(7-9,8-16)17-10-2-3-12(15)11(14)6-10/h2-3,6,9,17H,4-5,7-8,16H2,1H3. The molecule has 2 nitrogen and oxygen atoms in total. The van der Waals surface area contributed by atoms with E-state index in [1.807, 2.05) is 0 Å². The summed E-state index contributed by atoms with van der Waals surface area (Å²) in [6, 6.07) is 5.01. The first-order valence-corrected chi connectivity index (χ1v) is 6.77. The molecule has 17 heavy (non-hydrogen) atoms. The Labute approximate surface area is 110 Å². The van der Waals surface area contributed by atoms with Crippen molar-refractivity contribution in [2.45, 2.75) is 31.7 Å². The summed E-state index contributed by atoms with van der Waals surface area (Å²) in [5, 5.41) is 3.48. The van der Waals surface area contributed by atoms with Gasteiger partial charge >= 0.3 is 0 Å². The maximum atomic E-state index is 13.2. The molecule has 0 aliphatic heterocycles. The second kappa shape index (κ2) is 4.94. The van der Waals surface area contributed by atoms with E-state index < -0.39 is 0 Å². The summed E-state index contributed by atoms with van der Waals surface area (Å²) in [6.07, 6.45) is 3.37. The lowest BCUT2D eigenvalue weighted by atomic mass is 9.96. The highest BCUT2D eigenvalue weighted by atomic mass is 79.9. The zero-order valence-electron chi connectivity index (χ0n) is 9.97. The monoisotopic (exact) mass is 300 g/mol. The second-order valence-electron chi connectivity index (χ2n) is 5.09. The highest BCUT2D eigenvalue weighted by molar-refractivity contribution is 9.10. The number of benzene rings is 1. The van der Waals surface area contributed by atoms with Gasteiger partial charge in [0.25, 0.3) is 0 Å². The number of hydrogen-bond acceptors (Lipinski definition) is 2. The van der Waals surface area contributed by atoms with Gasteiger partial charge in [-0.15, -0.1) is 0 Å². The normalized spacial score (nSPS) is 28.4. The maximum absolute atomic E-state index is 13.2. The number of hydrogen-bond donors (Lipinski definition) is 2. The van der Waals surface area contributed by atoms with Gasteiger partial charge in [0.1, 0.15) is 5.82 Å². The van der Waals surface area contributed by atoms with Crippen molar-refractivity contribution in [3.63, 3.8) is 0 Å². The van der Waals surface area contributed by atoms with Gasteiger partial charge in [-0.1, -0.05) is 6.92 Å². The maximum Gasteiger partial charge on any atom is 0.137 e. The fourth-order valence-electron chi connectivity index (χ4n) is 2.62. The zero-order valence-corrected chi connectivity index (χ0v) is 11.6. The molecule has 1 aliphatic rings. The predicted octanol–water partition coefficient (Wildman–Crippen LogP) is 3.52. The minimum atomic E-state index is -0.239. The Bertz CT molecular complexity index is 410. The van der Waals surface area contributed by atoms with Crippen LogP contribution in [-0.2, 0) is 0 Å². The van der Waals surface area contributed by atoms with Crippen LogP contribution in [0.1, 0.15) is 26.2 Å². The van der Waals surface area contributed by atoms with Crippen molar-refractivity contribution in [2.24, 2.45) is 11.7 Å². The molecule has 0 amide bonds. The van der Waals surface area contributed by atoms with E-state index in [4.69, 9.17) is 5.73 Å². The zero-order chi connectivity index (χ0) is 12.5. The van der Waals surface area contributed by atoms with E-state index in [0.717, 1.165) is 18.5 Å². The molecule has 0 radical (unpaired) electrons. The smallest absolute Gasteiger partial charge is 0.137 e. The average molecular weight is 301 g/mol. The van der Waals surface area contributed by atoms with Crippen LogP contribution in [0.4, 0.5) is 10.1 Å². The summed E-state index contributed by atoms with van der Waals surface area (Å²) in [5.74, 6) is 0.465. The molecule has 1 aliphatic carbocycles. The highest BCUT2D eigenvalue weighted by Crippen LogP contribution is 2.36. The molecule has 3 N–H and O–H groups in total. The third-order valence-electron chi connectivity index (χ3n) is 3.57. The Morgan fingerprint density at radius 1 is 1.59 bits per heavy atom. The van der Waals surface area contributed by atoms with E-state index in [-0.39, 0.29) is 11.4 Å². The minimum absolute atomic E-state index is 0.0172. The third kappa shape index (κ3) is 2.80. The lowest BCUT2D eigenvalue weighted by molar-refractivity contribution is 0.470. The van der Waals surface area contributed by atoms with Gasteiger partial charge in [-0.25, -0.2) is 4.39 Å². The molecule has 0 saturated heterocycles. The van der Waals surface area contributed by atoms with E-state index in [1.165, 1.54) is 12.5 Å². The summed E-state index contributed by atoms with van der Waals surface area (Å²) >= 11 is 3.20. The van der Waals surface area contributed by atoms with Gasteiger partial charge in [-0.05, 0) is 59.3 Å². The van der Waals surface area contributed by atoms with Gasteiger partial charge in [-0.3, -0.25) is 0 Å². The number of rotatable bonds is 3. The molecule has 0 spiro atoms. The average Bonchev–Trinajstić information content (AvgIpc) is 2.66. The molecular formula is C13H18BrFN2. The van der Waals surface area contributed by atoms with Crippen molar-refractivity contribution in [3.8, 4) is 0 Å². The quantitative estimate of drug-likeness (QED) is 0.896. The van der Waals surface area contributed by atoms with Crippen LogP contribution in [0.15, 0.2) is 22.7 Å². The SMILES string of the molecule is CC1CCC(CN)(Nc2ccc(F)c(Br)c2)C1. The molecular weight excluding hydrogens is 283 g/mol. The fourth-order valence-corrected chi connectivity index (χ4v) is 3.00. The first-order chi connectivity index (χ1) is 8.04. The predicted molar refractivity (Wildman–Crippen MR) is 72.5 cm³/mol. The summed E-state index contributed by atoms with van der Waals surface area (Å²) in [6.45, 7) is 2.87. The molecule has 94 valence electrons. The summed E-state index contributed by atoms with van der Waals surface area (Å²) in [7, 11) is 0. The molecule has 0 aromatic heterocycles. The summed E-state index contributed by atoms with van der Waals surface area (Å²) in [5.41, 5.74) is 6.81. The molecule has 1 aromatic rings. The van der Waals surface area contributed by atoms with Crippen molar-refractivity contribution in [3.05, 3.63) is 28.5 Å². The molecule has 1 fully saturated rings. The number of nitrogens with two attached hydrogens (primary N) is 1. The van der Waals surface area contributed by atoms with Crippen LogP contribution in [0.3, 0.4) is 0 Å². The van der Waals surface area contributed by atoms with Crippen LogP contribution in [0.2, 0.25) is 0 Å². The van der Waals surface area contributed by atoms with Gasteiger partial charge in [0, 0.05) is 17.8 Å². The Hall–Kier alpha value is -0.610.